The summed E-state index contributed by atoms with van der Waals surface area (Å²) in [6.07, 6.45) is 2.47. The molecule has 1 aliphatic rings. The van der Waals surface area contributed by atoms with Gasteiger partial charge in [-0.05, 0) is 12.8 Å². The van der Waals surface area contributed by atoms with Gasteiger partial charge in [0, 0.05) is 31.6 Å². The molecule has 0 spiro atoms. The normalized spacial score (nSPS) is 26.2. The molecule has 13 heavy (non-hydrogen) atoms. The number of carbonyl (C=O) groups is 1. The van der Waals surface area contributed by atoms with Crippen LogP contribution in [0.15, 0.2) is 0 Å². The average molecular weight is 185 g/mol. The second kappa shape index (κ2) is 4.58. The topological polar surface area (TPSA) is 72.4 Å². The Labute approximate surface area is 79.3 Å². The number of nitrogens with two attached hydrogens (primary N) is 2. The number of rotatable bonds is 4. The summed E-state index contributed by atoms with van der Waals surface area (Å²) in [5.41, 5.74) is 11.0. The number of hydrogen-bond donors (Lipinski definition) is 2. The summed E-state index contributed by atoms with van der Waals surface area (Å²) in [5, 5.41) is 0. The molecule has 0 bridgehead atoms. The van der Waals surface area contributed by atoms with E-state index in [4.69, 9.17) is 11.5 Å². The molecule has 76 valence electrons. The average Bonchev–Trinajstić information content (AvgIpc) is 2.47. The van der Waals surface area contributed by atoms with Gasteiger partial charge < -0.3 is 11.5 Å². The van der Waals surface area contributed by atoms with Gasteiger partial charge >= 0.3 is 0 Å². The number of amides is 1. The maximum atomic E-state index is 10.8. The van der Waals surface area contributed by atoms with Crippen molar-refractivity contribution in [3.05, 3.63) is 0 Å². The van der Waals surface area contributed by atoms with Crippen LogP contribution in [0.5, 0.6) is 0 Å². The minimum atomic E-state index is -0.215. The van der Waals surface area contributed by atoms with Crippen molar-refractivity contribution in [2.75, 3.05) is 13.1 Å². The third kappa shape index (κ3) is 2.97. The minimum Gasteiger partial charge on any atom is -0.370 e. The maximum absolute atomic E-state index is 10.8. The predicted octanol–water partition coefficient (Wildman–Crippen LogP) is -0.327. The molecule has 0 radical (unpaired) electrons. The molecule has 4 nitrogen and oxygen atoms in total. The lowest BCUT2D eigenvalue weighted by atomic mass is 10.1. The Kier molecular flexibility index (Phi) is 3.69. The highest BCUT2D eigenvalue weighted by Gasteiger charge is 2.25. The molecule has 1 amide bonds. The van der Waals surface area contributed by atoms with Crippen LogP contribution in [-0.2, 0) is 4.79 Å². The van der Waals surface area contributed by atoms with E-state index >= 15 is 0 Å². The van der Waals surface area contributed by atoms with E-state index < -0.39 is 0 Å². The first-order valence-electron chi connectivity index (χ1n) is 4.91. The van der Waals surface area contributed by atoms with E-state index in [2.05, 4.69) is 11.8 Å². The summed E-state index contributed by atoms with van der Waals surface area (Å²) in [5.74, 6) is -0.215. The number of likely N-dealkylation sites (tertiary alicyclic amines) is 1. The van der Waals surface area contributed by atoms with E-state index in [1.54, 1.807) is 0 Å². The van der Waals surface area contributed by atoms with Gasteiger partial charge in [0.25, 0.3) is 0 Å². The molecule has 0 aromatic heterocycles. The fourth-order valence-corrected chi connectivity index (χ4v) is 1.91. The first-order valence-corrected chi connectivity index (χ1v) is 4.91. The Morgan fingerprint density at radius 1 is 1.69 bits per heavy atom. The first-order chi connectivity index (χ1) is 6.13. The van der Waals surface area contributed by atoms with Crippen molar-refractivity contribution >= 4 is 5.91 Å². The Morgan fingerprint density at radius 2 is 2.38 bits per heavy atom. The lowest BCUT2D eigenvalue weighted by Crippen LogP contribution is -2.37. The lowest BCUT2D eigenvalue weighted by Gasteiger charge is -2.25. The third-order valence-corrected chi connectivity index (χ3v) is 2.68. The largest absolute Gasteiger partial charge is 0.370 e. The van der Waals surface area contributed by atoms with Gasteiger partial charge in [-0.2, -0.15) is 0 Å². The van der Waals surface area contributed by atoms with E-state index in [9.17, 15) is 4.79 Å². The monoisotopic (exact) mass is 185 g/mol. The van der Waals surface area contributed by atoms with Crippen LogP contribution in [0.1, 0.15) is 26.2 Å². The molecule has 2 unspecified atom stereocenters. The lowest BCUT2D eigenvalue weighted by molar-refractivity contribution is -0.119. The quantitative estimate of drug-likeness (QED) is 0.630. The summed E-state index contributed by atoms with van der Waals surface area (Å²) in [6, 6.07) is 0.577. The van der Waals surface area contributed by atoms with Crippen LogP contribution < -0.4 is 11.5 Å². The minimum absolute atomic E-state index is 0.215. The van der Waals surface area contributed by atoms with Crippen molar-refractivity contribution in [1.29, 1.82) is 0 Å². The zero-order valence-corrected chi connectivity index (χ0v) is 8.20. The fraction of sp³-hybridized carbons (Fsp3) is 0.889. The molecule has 1 rings (SSSR count). The SMILES string of the molecule is CCC(CC(N)=O)N1CCC(N)C1. The predicted molar refractivity (Wildman–Crippen MR) is 52.1 cm³/mol. The van der Waals surface area contributed by atoms with Crippen LogP contribution in [0, 0.1) is 0 Å². The highest BCUT2D eigenvalue weighted by molar-refractivity contribution is 5.74. The van der Waals surface area contributed by atoms with E-state index in [1.807, 2.05) is 0 Å². The van der Waals surface area contributed by atoms with Gasteiger partial charge in [-0.1, -0.05) is 6.92 Å². The zero-order valence-electron chi connectivity index (χ0n) is 8.20. The van der Waals surface area contributed by atoms with Crippen LogP contribution in [0.25, 0.3) is 0 Å². The molecular formula is C9H19N3O. The van der Waals surface area contributed by atoms with E-state index in [0.29, 0.717) is 12.5 Å². The molecule has 1 heterocycles. The van der Waals surface area contributed by atoms with Gasteiger partial charge in [0.2, 0.25) is 5.91 Å². The van der Waals surface area contributed by atoms with Gasteiger partial charge in [0.1, 0.15) is 0 Å². The molecule has 1 aliphatic heterocycles. The summed E-state index contributed by atoms with van der Waals surface area (Å²) in [4.78, 5) is 13.0. The standard InChI is InChI=1S/C9H19N3O/c1-2-8(5-9(11)13)12-4-3-7(10)6-12/h7-8H,2-6,10H2,1H3,(H2,11,13). The van der Waals surface area contributed by atoms with Crippen molar-refractivity contribution in [1.82, 2.24) is 4.90 Å². The van der Waals surface area contributed by atoms with Crippen molar-refractivity contribution in [3.8, 4) is 0 Å². The summed E-state index contributed by atoms with van der Waals surface area (Å²) >= 11 is 0. The molecule has 4 heteroatoms. The van der Waals surface area contributed by atoms with Gasteiger partial charge in [-0.15, -0.1) is 0 Å². The van der Waals surface area contributed by atoms with Gasteiger partial charge in [-0.25, -0.2) is 0 Å². The number of hydrogen-bond acceptors (Lipinski definition) is 3. The van der Waals surface area contributed by atoms with Gasteiger partial charge in [0.15, 0.2) is 0 Å². The van der Waals surface area contributed by atoms with Crippen molar-refractivity contribution < 1.29 is 4.79 Å². The Bertz CT molecular complexity index is 184. The van der Waals surface area contributed by atoms with Gasteiger partial charge in [-0.3, -0.25) is 9.69 Å². The van der Waals surface area contributed by atoms with Gasteiger partial charge in [0.05, 0.1) is 0 Å². The summed E-state index contributed by atoms with van der Waals surface area (Å²) in [6.45, 7) is 4.00. The molecule has 1 saturated heterocycles. The van der Waals surface area contributed by atoms with Crippen molar-refractivity contribution in [2.45, 2.75) is 38.3 Å². The Morgan fingerprint density at radius 3 is 2.77 bits per heavy atom. The van der Waals surface area contributed by atoms with Crippen LogP contribution in [0.2, 0.25) is 0 Å². The highest BCUT2D eigenvalue weighted by Crippen LogP contribution is 2.15. The van der Waals surface area contributed by atoms with E-state index in [-0.39, 0.29) is 11.9 Å². The van der Waals surface area contributed by atoms with E-state index in [0.717, 1.165) is 25.9 Å². The summed E-state index contributed by atoms with van der Waals surface area (Å²) in [7, 11) is 0. The van der Waals surface area contributed by atoms with Crippen molar-refractivity contribution in [2.24, 2.45) is 11.5 Å². The smallest absolute Gasteiger partial charge is 0.218 e. The molecule has 0 aromatic carbocycles. The first kappa shape index (κ1) is 10.5. The van der Waals surface area contributed by atoms with Crippen LogP contribution >= 0.6 is 0 Å². The van der Waals surface area contributed by atoms with E-state index in [1.165, 1.54) is 0 Å². The molecule has 0 aliphatic carbocycles. The molecule has 0 saturated carbocycles. The number of nitrogens with zero attached hydrogens (tertiary/aromatic N) is 1. The molecule has 4 N–H and O–H groups in total. The molecule has 2 atom stereocenters. The maximum Gasteiger partial charge on any atom is 0.218 e. The fourth-order valence-electron chi connectivity index (χ4n) is 1.91. The summed E-state index contributed by atoms with van der Waals surface area (Å²) < 4.78 is 0. The Hall–Kier alpha value is -0.610. The zero-order chi connectivity index (χ0) is 9.84. The molecule has 1 fully saturated rings. The number of carbonyl (C=O) groups excluding carboxylic acids is 1. The number of primary amides is 1. The molecular weight excluding hydrogens is 166 g/mol. The van der Waals surface area contributed by atoms with Crippen molar-refractivity contribution in [3.63, 3.8) is 0 Å². The van der Waals surface area contributed by atoms with Crippen LogP contribution in [0.3, 0.4) is 0 Å². The molecule has 0 aromatic rings. The van der Waals surface area contributed by atoms with Crippen LogP contribution in [0.4, 0.5) is 0 Å². The van der Waals surface area contributed by atoms with Crippen LogP contribution in [-0.4, -0.2) is 36.0 Å². The second-order valence-electron chi connectivity index (χ2n) is 3.78. The highest BCUT2D eigenvalue weighted by atomic mass is 16.1. The third-order valence-electron chi connectivity index (χ3n) is 2.68. The Balaban J connectivity index is 2.42. The second-order valence-corrected chi connectivity index (χ2v) is 3.78.